The molecule has 0 spiro atoms. The highest BCUT2D eigenvalue weighted by Gasteiger charge is 2.63. The van der Waals surface area contributed by atoms with Crippen molar-refractivity contribution in [2.45, 2.75) is 78.6 Å². The Balaban J connectivity index is 1.70. The molecule has 2 heteroatoms. The molecule has 4 aliphatic rings. The van der Waals surface area contributed by atoms with Crippen molar-refractivity contribution in [2.24, 2.45) is 40.4 Å². The number of carbonyl (C=O) groups is 2. The molecule has 0 aromatic heterocycles. The van der Waals surface area contributed by atoms with E-state index >= 15 is 0 Å². The summed E-state index contributed by atoms with van der Waals surface area (Å²) in [5.74, 6) is 3.28. The molecule has 0 heterocycles. The van der Waals surface area contributed by atoms with Gasteiger partial charge in [-0.15, -0.1) is 0 Å². The third-order valence-corrected chi connectivity index (χ3v) is 8.94. The quantitative estimate of drug-likeness (QED) is 0.696. The van der Waals surface area contributed by atoms with Gasteiger partial charge in [-0.3, -0.25) is 9.59 Å². The van der Waals surface area contributed by atoms with Crippen LogP contribution >= 0.6 is 0 Å². The molecule has 128 valence electrons. The molecule has 0 aromatic rings. The first-order valence-electron chi connectivity index (χ1n) is 9.92. The van der Waals surface area contributed by atoms with Crippen molar-refractivity contribution in [3.63, 3.8) is 0 Å². The fourth-order valence-electron chi connectivity index (χ4n) is 7.65. The van der Waals surface area contributed by atoms with Crippen molar-refractivity contribution >= 4 is 11.6 Å². The molecule has 0 N–H and O–H groups in total. The minimum absolute atomic E-state index is 0.00200. The molecular formula is C21H32O2. The van der Waals surface area contributed by atoms with Gasteiger partial charge in [0.25, 0.3) is 0 Å². The van der Waals surface area contributed by atoms with Gasteiger partial charge < -0.3 is 0 Å². The van der Waals surface area contributed by atoms with E-state index in [0.717, 1.165) is 25.2 Å². The maximum Gasteiger partial charge on any atom is 0.140 e. The number of hydrogen-bond donors (Lipinski definition) is 0. The van der Waals surface area contributed by atoms with E-state index in [9.17, 15) is 9.59 Å². The fraction of sp³-hybridized carbons (Fsp3) is 0.905. The zero-order valence-corrected chi connectivity index (χ0v) is 15.1. The van der Waals surface area contributed by atoms with Crippen LogP contribution in [0.25, 0.3) is 0 Å². The van der Waals surface area contributed by atoms with Crippen LogP contribution in [0.1, 0.15) is 78.6 Å². The van der Waals surface area contributed by atoms with E-state index in [1.54, 1.807) is 6.92 Å². The number of ketones is 2. The molecule has 0 radical (unpaired) electrons. The van der Waals surface area contributed by atoms with Crippen LogP contribution in [-0.4, -0.2) is 11.6 Å². The monoisotopic (exact) mass is 316 g/mol. The molecule has 7 atom stereocenters. The molecule has 23 heavy (non-hydrogen) atoms. The van der Waals surface area contributed by atoms with Crippen molar-refractivity contribution < 1.29 is 9.59 Å². The van der Waals surface area contributed by atoms with Gasteiger partial charge in [0.15, 0.2) is 0 Å². The standard InChI is InChI=1S/C21H32O2/c1-13(22)16-9-10-17-15-8-7-14-6-4-5-11-20(14,2)18(15)12-19(23)21(16,17)3/h14-18H,4-12H2,1-3H3/t14-,15+,16-,17+,18+,20+,21-/m1/s1. The van der Waals surface area contributed by atoms with Crippen LogP contribution in [0.3, 0.4) is 0 Å². The predicted octanol–water partition coefficient (Wildman–Crippen LogP) is 4.80. The molecule has 4 rings (SSSR count). The highest BCUT2D eigenvalue weighted by Crippen LogP contribution is 2.66. The number of hydrogen-bond acceptors (Lipinski definition) is 2. The van der Waals surface area contributed by atoms with Crippen LogP contribution < -0.4 is 0 Å². The van der Waals surface area contributed by atoms with E-state index in [0.29, 0.717) is 29.0 Å². The summed E-state index contributed by atoms with van der Waals surface area (Å²) in [6.07, 6.45) is 10.9. The van der Waals surface area contributed by atoms with Gasteiger partial charge in [-0.05, 0) is 74.5 Å². The molecule has 2 nitrogen and oxygen atoms in total. The topological polar surface area (TPSA) is 34.1 Å². The van der Waals surface area contributed by atoms with Gasteiger partial charge in [-0.2, -0.15) is 0 Å². The van der Waals surface area contributed by atoms with Gasteiger partial charge in [0.2, 0.25) is 0 Å². The van der Waals surface area contributed by atoms with Gasteiger partial charge in [0.05, 0.1) is 0 Å². The lowest BCUT2D eigenvalue weighted by molar-refractivity contribution is -0.158. The van der Waals surface area contributed by atoms with Crippen LogP contribution in [0, 0.1) is 40.4 Å². The van der Waals surface area contributed by atoms with E-state index in [4.69, 9.17) is 0 Å². The fourth-order valence-corrected chi connectivity index (χ4v) is 7.65. The first-order valence-corrected chi connectivity index (χ1v) is 9.92. The Labute approximate surface area is 140 Å². The van der Waals surface area contributed by atoms with Crippen LogP contribution in [0.2, 0.25) is 0 Å². The van der Waals surface area contributed by atoms with Crippen molar-refractivity contribution in [2.75, 3.05) is 0 Å². The third-order valence-electron chi connectivity index (χ3n) is 8.94. The Morgan fingerprint density at radius 2 is 1.78 bits per heavy atom. The minimum Gasteiger partial charge on any atom is -0.300 e. The summed E-state index contributed by atoms with van der Waals surface area (Å²) in [4.78, 5) is 25.4. The van der Waals surface area contributed by atoms with Crippen molar-refractivity contribution in [3.8, 4) is 0 Å². The summed E-state index contributed by atoms with van der Waals surface area (Å²) < 4.78 is 0. The first kappa shape index (κ1) is 15.8. The molecule has 0 aliphatic heterocycles. The highest BCUT2D eigenvalue weighted by atomic mass is 16.1. The van der Waals surface area contributed by atoms with E-state index in [-0.39, 0.29) is 17.1 Å². The van der Waals surface area contributed by atoms with Gasteiger partial charge in [0, 0.05) is 17.8 Å². The highest BCUT2D eigenvalue weighted by molar-refractivity contribution is 5.93. The molecule has 4 fully saturated rings. The summed E-state index contributed by atoms with van der Waals surface area (Å²) in [6.45, 7) is 6.35. The smallest absolute Gasteiger partial charge is 0.140 e. The van der Waals surface area contributed by atoms with E-state index in [2.05, 4.69) is 13.8 Å². The SMILES string of the molecule is CC(=O)[C@H]1CC[C@H]2[C@@H]3CC[C@H]4CCCC[C@]4(C)[C@H]3CC(=O)[C@]12C. The normalized spacial score (nSPS) is 52.5. The minimum atomic E-state index is -0.342. The van der Waals surface area contributed by atoms with Gasteiger partial charge in [0.1, 0.15) is 11.6 Å². The Morgan fingerprint density at radius 1 is 1.00 bits per heavy atom. The Kier molecular flexibility index (Phi) is 3.56. The zero-order chi connectivity index (χ0) is 16.4. The molecule has 0 unspecified atom stereocenters. The molecule has 4 saturated carbocycles. The van der Waals surface area contributed by atoms with Gasteiger partial charge >= 0.3 is 0 Å². The number of Topliss-reactive ketones (excluding diaryl/α,β-unsaturated/α-hetero) is 2. The second kappa shape index (κ2) is 5.17. The average molecular weight is 316 g/mol. The largest absolute Gasteiger partial charge is 0.300 e. The van der Waals surface area contributed by atoms with Crippen molar-refractivity contribution in [1.82, 2.24) is 0 Å². The maximum absolute atomic E-state index is 13.2. The van der Waals surface area contributed by atoms with E-state index < -0.39 is 0 Å². The molecule has 0 saturated heterocycles. The van der Waals surface area contributed by atoms with Crippen LogP contribution in [-0.2, 0) is 9.59 Å². The number of fused-ring (bicyclic) bond motifs is 5. The average Bonchev–Trinajstić information content (AvgIpc) is 2.87. The van der Waals surface area contributed by atoms with E-state index in [1.807, 2.05) is 0 Å². The molecule has 0 aromatic carbocycles. The third kappa shape index (κ3) is 1.99. The lowest BCUT2D eigenvalue weighted by Crippen LogP contribution is -2.56. The summed E-state index contributed by atoms with van der Waals surface area (Å²) in [6, 6.07) is 0. The van der Waals surface area contributed by atoms with Gasteiger partial charge in [-0.25, -0.2) is 0 Å². The maximum atomic E-state index is 13.2. The van der Waals surface area contributed by atoms with E-state index in [1.165, 1.54) is 38.5 Å². The summed E-state index contributed by atoms with van der Waals surface area (Å²) in [7, 11) is 0. The summed E-state index contributed by atoms with van der Waals surface area (Å²) >= 11 is 0. The second-order valence-corrected chi connectivity index (χ2v) is 9.55. The summed E-state index contributed by atoms with van der Waals surface area (Å²) in [5.41, 5.74) is 0.0529. The molecule has 0 amide bonds. The summed E-state index contributed by atoms with van der Waals surface area (Å²) in [5, 5.41) is 0. The predicted molar refractivity (Wildman–Crippen MR) is 90.9 cm³/mol. The molecular weight excluding hydrogens is 284 g/mol. The van der Waals surface area contributed by atoms with Crippen molar-refractivity contribution in [3.05, 3.63) is 0 Å². The number of carbonyl (C=O) groups excluding carboxylic acids is 2. The molecule has 0 bridgehead atoms. The van der Waals surface area contributed by atoms with Crippen molar-refractivity contribution in [1.29, 1.82) is 0 Å². The Hall–Kier alpha value is -0.660. The lowest BCUT2D eigenvalue weighted by Gasteiger charge is -2.59. The van der Waals surface area contributed by atoms with Crippen LogP contribution in [0.4, 0.5) is 0 Å². The zero-order valence-electron chi connectivity index (χ0n) is 15.1. The lowest BCUT2D eigenvalue weighted by atomic mass is 9.44. The second-order valence-electron chi connectivity index (χ2n) is 9.55. The van der Waals surface area contributed by atoms with Crippen LogP contribution in [0.5, 0.6) is 0 Å². The Bertz CT molecular complexity index is 538. The number of rotatable bonds is 1. The van der Waals surface area contributed by atoms with Gasteiger partial charge in [-0.1, -0.05) is 26.7 Å². The Morgan fingerprint density at radius 3 is 2.52 bits per heavy atom. The van der Waals surface area contributed by atoms with Crippen LogP contribution in [0.15, 0.2) is 0 Å². The molecule has 4 aliphatic carbocycles. The first-order chi connectivity index (χ1) is 10.9.